The first kappa shape index (κ1) is 14.6. The summed E-state index contributed by atoms with van der Waals surface area (Å²) in [7, 11) is 3.59. The van der Waals surface area contributed by atoms with Gasteiger partial charge in [-0.1, -0.05) is 19.1 Å². The van der Waals surface area contributed by atoms with Gasteiger partial charge in [-0.3, -0.25) is 4.79 Å². The molecule has 0 fully saturated rings. The van der Waals surface area contributed by atoms with Crippen molar-refractivity contribution in [1.82, 2.24) is 14.8 Å². The number of hydrogen-bond donors (Lipinski definition) is 1. The van der Waals surface area contributed by atoms with Crippen LogP contribution in [-0.4, -0.2) is 36.0 Å². The smallest absolute Gasteiger partial charge is 0.223 e. The van der Waals surface area contributed by atoms with Crippen LogP contribution in [0.1, 0.15) is 18.9 Å². The molecule has 4 heteroatoms. The maximum atomic E-state index is 11.7. The fourth-order valence-corrected chi connectivity index (χ4v) is 2.24. The predicted octanol–water partition coefficient (Wildman–Crippen LogP) is 2.23. The average molecular weight is 273 g/mol. The lowest BCUT2D eigenvalue weighted by atomic mass is 10.1. The van der Waals surface area contributed by atoms with Crippen molar-refractivity contribution < 1.29 is 4.79 Å². The molecule has 0 radical (unpaired) electrons. The van der Waals surface area contributed by atoms with Crippen LogP contribution in [0, 0.1) is 0 Å². The molecular formula is C16H23N3O. The number of nitrogens with zero attached hydrogens (tertiary/aromatic N) is 2. The predicted molar refractivity (Wildman–Crippen MR) is 82.6 cm³/mol. The number of benzene rings is 1. The first-order valence-corrected chi connectivity index (χ1v) is 7.10. The maximum Gasteiger partial charge on any atom is 0.223 e. The van der Waals surface area contributed by atoms with E-state index in [0.29, 0.717) is 6.42 Å². The van der Waals surface area contributed by atoms with Gasteiger partial charge in [-0.15, -0.1) is 0 Å². The topological polar surface area (TPSA) is 37.3 Å². The molecule has 2 aromatic rings. The van der Waals surface area contributed by atoms with Gasteiger partial charge in [-0.25, -0.2) is 0 Å². The van der Waals surface area contributed by atoms with Crippen LogP contribution >= 0.6 is 0 Å². The van der Waals surface area contributed by atoms with Gasteiger partial charge in [-0.05, 0) is 29.6 Å². The average Bonchev–Trinajstić information content (AvgIpc) is 2.84. The second-order valence-corrected chi connectivity index (χ2v) is 5.22. The van der Waals surface area contributed by atoms with Crippen LogP contribution < -0.4 is 5.32 Å². The number of aryl methyl sites for hydroxylation is 1. The molecule has 0 bridgehead atoms. The molecule has 1 heterocycles. The summed E-state index contributed by atoms with van der Waals surface area (Å²) in [6.45, 7) is 4.68. The number of nitrogens with one attached hydrogen (secondary N) is 1. The van der Waals surface area contributed by atoms with E-state index in [-0.39, 0.29) is 5.91 Å². The number of fused-ring (bicyclic) bond motifs is 1. The molecule has 0 unspecified atom stereocenters. The lowest BCUT2D eigenvalue weighted by molar-refractivity contribution is -0.128. The molecule has 1 amide bonds. The molecule has 0 spiro atoms. The first-order valence-electron chi connectivity index (χ1n) is 7.10. The number of amides is 1. The molecule has 1 N–H and O–H groups in total. The van der Waals surface area contributed by atoms with E-state index in [1.807, 2.05) is 0 Å². The van der Waals surface area contributed by atoms with Gasteiger partial charge < -0.3 is 14.8 Å². The van der Waals surface area contributed by atoms with Crippen LogP contribution in [0.25, 0.3) is 10.9 Å². The van der Waals surface area contributed by atoms with Crippen LogP contribution in [0.3, 0.4) is 0 Å². The Labute approximate surface area is 120 Å². The van der Waals surface area contributed by atoms with Gasteiger partial charge in [0, 0.05) is 45.3 Å². The lowest BCUT2D eigenvalue weighted by Gasteiger charge is -2.11. The molecule has 20 heavy (non-hydrogen) atoms. The van der Waals surface area contributed by atoms with Crippen LogP contribution in [-0.2, 0) is 17.9 Å². The Kier molecular flexibility index (Phi) is 4.79. The standard InChI is InChI=1S/C16H23N3O/c1-4-17-12-13-5-6-14-7-9-19(15(14)11-13)10-8-16(20)18(2)3/h5-7,9,11,17H,4,8,10,12H2,1-3H3. The minimum atomic E-state index is 0.163. The van der Waals surface area contributed by atoms with Crippen molar-refractivity contribution in [1.29, 1.82) is 0 Å². The zero-order valence-corrected chi connectivity index (χ0v) is 12.5. The van der Waals surface area contributed by atoms with Crippen molar-refractivity contribution in [3.8, 4) is 0 Å². The molecule has 0 saturated carbocycles. The molecular weight excluding hydrogens is 250 g/mol. The van der Waals surface area contributed by atoms with Crippen molar-refractivity contribution >= 4 is 16.8 Å². The van der Waals surface area contributed by atoms with E-state index in [9.17, 15) is 4.79 Å². The Bertz CT molecular complexity index is 586. The molecule has 4 nitrogen and oxygen atoms in total. The van der Waals surface area contributed by atoms with E-state index in [1.54, 1.807) is 19.0 Å². The molecule has 0 aliphatic carbocycles. The van der Waals surface area contributed by atoms with Gasteiger partial charge in [0.15, 0.2) is 0 Å². The Morgan fingerprint density at radius 2 is 2.10 bits per heavy atom. The highest BCUT2D eigenvalue weighted by atomic mass is 16.2. The van der Waals surface area contributed by atoms with E-state index in [0.717, 1.165) is 19.6 Å². The highest BCUT2D eigenvalue weighted by molar-refractivity contribution is 5.81. The van der Waals surface area contributed by atoms with E-state index in [4.69, 9.17) is 0 Å². The monoisotopic (exact) mass is 273 g/mol. The van der Waals surface area contributed by atoms with Gasteiger partial charge in [0.25, 0.3) is 0 Å². The van der Waals surface area contributed by atoms with Crippen molar-refractivity contribution in [3.63, 3.8) is 0 Å². The first-order chi connectivity index (χ1) is 9.61. The zero-order valence-electron chi connectivity index (χ0n) is 12.5. The second-order valence-electron chi connectivity index (χ2n) is 5.22. The largest absolute Gasteiger partial charge is 0.349 e. The van der Waals surface area contributed by atoms with Crippen molar-refractivity contribution in [3.05, 3.63) is 36.0 Å². The molecule has 1 aromatic carbocycles. The SMILES string of the molecule is CCNCc1ccc2ccn(CCC(=O)N(C)C)c2c1. The lowest BCUT2D eigenvalue weighted by Crippen LogP contribution is -2.22. The molecule has 1 aromatic heterocycles. The van der Waals surface area contributed by atoms with Crippen molar-refractivity contribution in [2.24, 2.45) is 0 Å². The van der Waals surface area contributed by atoms with E-state index in [2.05, 4.69) is 47.3 Å². The molecule has 108 valence electrons. The summed E-state index contributed by atoms with van der Waals surface area (Å²) in [6.07, 6.45) is 2.60. The Morgan fingerprint density at radius 1 is 1.30 bits per heavy atom. The minimum absolute atomic E-state index is 0.163. The van der Waals surface area contributed by atoms with Gasteiger partial charge >= 0.3 is 0 Å². The van der Waals surface area contributed by atoms with E-state index >= 15 is 0 Å². The third kappa shape index (κ3) is 3.39. The highest BCUT2D eigenvalue weighted by Gasteiger charge is 2.07. The third-order valence-corrected chi connectivity index (χ3v) is 3.48. The van der Waals surface area contributed by atoms with Crippen LogP contribution in [0.2, 0.25) is 0 Å². The fraction of sp³-hybridized carbons (Fsp3) is 0.438. The van der Waals surface area contributed by atoms with Crippen LogP contribution in [0.4, 0.5) is 0 Å². The number of carbonyl (C=O) groups is 1. The summed E-state index contributed by atoms with van der Waals surface area (Å²) >= 11 is 0. The molecule has 0 saturated heterocycles. The summed E-state index contributed by atoms with van der Waals surface area (Å²) in [5.41, 5.74) is 2.48. The fourth-order valence-electron chi connectivity index (χ4n) is 2.24. The van der Waals surface area contributed by atoms with Gasteiger partial charge in [0.2, 0.25) is 5.91 Å². The number of hydrogen-bond acceptors (Lipinski definition) is 2. The Balaban J connectivity index is 2.14. The molecule has 0 aliphatic rings. The van der Waals surface area contributed by atoms with Crippen molar-refractivity contribution in [2.75, 3.05) is 20.6 Å². The molecule has 2 rings (SSSR count). The van der Waals surface area contributed by atoms with Gasteiger partial charge in [0.05, 0.1) is 0 Å². The maximum absolute atomic E-state index is 11.7. The summed E-state index contributed by atoms with van der Waals surface area (Å²) < 4.78 is 2.16. The summed E-state index contributed by atoms with van der Waals surface area (Å²) in [4.78, 5) is 13.3. The Hall–Kier alpha value is -1.81. The normalized spacial score (nSPS) is 10.9. The van der Waals surface area contributed by atoms with Gasteiger partial charge in [-0.2, -0.15) is 0 Å². The quantitative estimate of drug-likeness (QED) is 0.876. The zero-order chi connectivity index (χ0) is 14.5. The summed E-state index contributed by atoms with van der Waals surface area (Å²) in [5.74, 6) is 0.163. The summed E-state index contributed by atoms with van der Waals surface area (Å²) in [5, 5.41) is 4.56. The highest BCUT2D eigenvalue weighted by Crippen LogP contribution is 2.18. The second kappa shape index (κ2) is 6.57. The molecule has 0 aliphatic heterocycles. The Morgan fingerprint density at radius 3 is 2.80 bits per heavy atom. The van der Waals surface area contributed by atoms with Crippen LogP contribution in [0.15, 0.2) is 30.5 Å². The molecule has 0 atom stereocenters. The number of rotatable bonds is 6. The van der Waals surface area contributed by atoms with E-state index < -0.39 is 0 Å². The van der Waals surface area contributed by atoms with Gasteiger partial charge in [0.1, 0.15) is 0 Å². The minimum Gasteiger partial charge on any atom is -0.349 e. The van der Waals surface area contributed by atoms with Crippen molar-refractivity contribution in [2.45, 2.75) is 26.4 Å². The number of aromatic nitrogens is 1. The van der Waals surface area contributed by atoms with E-state index in [1.165, 1.54) is 16.5 Å². The number of carbonyl (C=O) groups excluding carboxylic acids is 1. The summed E-state index contributed by atoms with van der Waals surface area (Å²) in [6, 6.07) is 8.61. The van der Waals surface area contributed by atoms with Crippen LogP contribution in [0.5, 0.6) is 0 Å². The third-order valence-electron chi connectivity index (χ3n) is 3.48.